The molecule has 44 heavy (non-hydrogen) atoms. The molecule has 1 aliphatic carbocycles. The molecule has 1 fully saturated rings. The Hall–Kier alpha value is -5.20. The van der Waals surface area contributed by atoms with Crippen LogP contribution in [0.25, 0.3) is 0 Å². The van der Waals surface area contributed by atoms with Crippen molar-refractivity contribution in [3.05, 3.63) is 173 Å². The Morgan fingerprint density at radius 1 is 0.727 bits per heavy atom. The van der Waals surface area contributed by atoms with Crippen LogP contribution in [0.5, 0.6) is 5.75 Å². The fourth-order valence-corrected chi connectivity index (χ4v) is 5.92. The van der Waals surface area contributed by atoms with E-state index in [0.717, 1.165) is 22.3 Å². The van der Waals surface area contributed by atoms with Crippen LogP contribution in [-0.2, 0) is 36.8 Å². The van der Waals surface area contributed by atoms with Gasteiger partial charge in [0, 0.05) is 0 Å². The number of esters is 1. The highest BCUT2D eigenvalue weighted by atomic mass is 16.7. The van der Waals surface area contributed by atoms with Crippen LogP contribution < -0.4 is 10.2 Å². The van der Waals surface area contributed by atoms with Crippen molar-refractivity contribution in [3.8, 4) is 5.75 Å². The smallest absolute Gasteiger partial charge is 0.317 e. The molecule has 0 aliphatic heterocycles. The van der Waals surface area contributed by atoms with Crippen LogP contribution in [0.1, 0.15) is 34.2 Å². The van der Waals surface area contributed by atoms with E-state index in [9.17, 15) is 9.59 Å². The summed E-state index contributed by atoms with van der Waals surface area (Å²) < 4.78 is 11.3. The fraction of sp³-hybridized carbons (Fsp3) is 0.158. The zero-order chi connectivity index (χ0) is 30.4. The predicted octanol–water partition coefficient (Wildman–Crippen LogP) is 6.74. The van der Waals surface area contributed by atoms with E-state index in [1.54, 1.807) is 0 Å². The molecule has 1 saturated carbocycles. The second-order valence-electron chi connectivity index (χ2n) is 10.9. The summed E-state index contributed by atoms with van der Waals surface area (Å²) in [6.45, 7) is 0.383. The van der Waals surface area contributed by atoms with Crippen LogP contribution >= 0.6 is 0 Å². The van der Waals surface area contributed by atoms with Crippen molar-refractivity contribution in [2.24, 2.45) is 5.92 Å². The van der Waals surface area contributed by atoms with Gasteiger partial charge in [0.15, 0.2) is 5.60 Å². The Morgan fingerprint density at radius 3 is 1.77 bits per heavy atom. The van der Waals surface area contributed by atoms with Crippen molar-refractivity contribution in [1.82, 2.24) is 5.48 Å². The Labute approximate surface area is 257 Å². The van der Waals surface area contributed by atoms with E-state index in [1.165, 1.54) is 7.11 Å². The van der Waals surface area contributed by atoms with E-state index >= 15 is 0 Å². The zero-order valence-corrected chi connectivity index (χ0v) is 24.4. The van der Waals surface area contributed by atoms with E-state index in [0.29, 0.717) is 17.9 Å². The second kappa shape index (κ2) is 12.6. The van der Waals surface area contributed by atoms with Gasteiger partial charge in [0.05, 0.1) is 13.0 Å². The molecule has 1 amide bonds. The first-order valence-corrected chi connectivity index (χ1v) is 14.6. The van der Waals surface area contributed by atoms with Crippen LogP contribution in [0, 0.1) is 5.92 Å². The number of hydrogen-bond acceptors (Lipinski definition) is 5. The number of methoxy groups -OCH3 is 1. The molecule has 6 heteroatoms. The summed E-state index contributed by atoms with van der Waals surface area (Å²) in [5.41, 5.74) is 4.69. The standard InChI is InChI=1S/C38H33NO5/c1-42-36(41)37(32-23-14-24-33(25-32)43-27-28-15-6-2-7-16-28)26-34(37)35(40)39-44-38(29-17-8-3-9-18-29,30-19-10-4-11-20-30)31-21-12-5-13-22-31/h2-25,34H,26-27H2,1H3,(H,39,40)/t34-,37-/m0/s1. The van der Waals surface area contributed by atoms with Crippen molar-refractivity contribution < 1.29 is 23.9 Å². The molecule has 0 aromatic heterocycles. The van der Waals surface area contributed by atoms with Crippen molar-refractivity contribution in [3.63, 3.8) is 0 Å². The van der Waals surface area contributed by atoms with Gasteiger partial charge in [-0.05, 0) is 46.4 Å². The number of hydrogen-bond donors (Lipinski definition) is 1. The maximum absolute atomic E-state index is 13.9. The molecule has 1 aliphatic rings. The number of rotatable bonds is 11. The first kappa shape index (κ1) is 28.9. The molecule has 0 bridgehead atoms. The van der Waals surface area contributed by atoms with Crippen LogP contribution in [-0.4, -0.2) is 19.0 Å². The average Bonchev–Trinajstić information content (AvgIpc) is 3.87. The maximum atomic E-state index is 13.9. The number of ether oxygens (including phenoxy) is 2. The summed E-state index contributed by atoms with van der Waals surface area (Å²) in [5.74, 6) is -0.969. The lowest BCUT2D eigenvalue weighted by Gasteiger charge is -2.35. The lowest BCUT2D eigenvalue weighted by molar-refractivity contribution is -0.150. The Morgan fingerprint density at radius 2 is 1.25 bits per heavy atom. The molecule has 0 radical (unpaired) electrons. The maximum Gasteiger partial charge on any atom is 0.317 e. The molecule has 6 nitrogen and oxygen atoms in total. The van der Waals surface area contributed by atoms with E-state index < -0.39 is 28.8 Å². The van der Waals surface area contributed by atoms with Gasteiger partial charge in [-0.15, -0.1) is 0 Å². The third kappa shape index (κ3) is 5.48. The molecule has 0 heterocycles. The van der Waals surface area contributed by atoms with Gasteiger partial charge in [-0.2, -0.15) is 0 Å². The third-order valence-corrected chi connectivity index (χ3v) is 8.27. The summed E-state index contributed by atoms with van der Waals surface area (Å²) in [5, 5.41) is 0. The largest absolute Gasteiger partial charge is 0.489 e. The molecule has 1 N–H and O–H groups in total. The molecule has 0 unspecified atom stereocenters. The normalized spacial score (nSPS) is 17.3. The third-order valence-electron chi connectivity index (χ3n) is 8.27. The van der Waals surface area contributed by atoms with Crippen molar-refractivity contribution >= 4 is 11.9 Å². The van der Waals surface area contributed by atoms with Gasteiger partial charge in [0.25, 0.3) is 0 Å². The summed E-state index contributed by atoms with van der Waals surface area (Å²) >= 11 is 0. The van der Waals surface area contributed by atoms with Gasteiger partial charge >= 0.3 is 5.97 Å². The van der Waals surface area contributed by atoms with Crippen LogP contribution in [0.4, 0.5) is 0 Å². The number of hydroxylamine groups is 1. The topological polar surface area (TPSA) is 73.9 Å². The molecule has 2 atom stereocenters. The lowest BCUT2D eigenvalue weighted by Crippen LogP contribution is -2.42. The summed E-state index contributed by atoms with van der Waals surface area (Å²) in [4.78, 5) is 33.7. The average molecular weight is 584 g/mol. The minimum absolute atomic E-state index is 0.284. The van der Waals surface area contributed by atoms with Crippen LogP contribution in [0.15, 0.2) is 146 Å². The van der Waals surface area contributed by atoms with Crippen LogP contribution in [0.2, 0.25) is 0 Å². The Kier molecular flexibility index (Phi) is 8.26. The molecule has 220 valence electrons. The fourth-order valence-electron chi connectivity index (χ4n) is 5.92. The van der Waals surface area contributed by atoms with Crippen molar-refractivity contribution in [2.45, 2.75) is 24.0 Å². The summed E-state index contributed by atoms with van der Waals surface area (Å²) in [6, 6.07) is 46.5. The SMILES string of the molecule is COC(=O)[C@]1(c2cccc(OCc3ccccc3)c2)C[C@H]1C(=O)NOC(c1ccccc1)(c1ccccc1)c1ccccc1. The van der Waals surface area contributed by atoms with Gasteiger partial charge in [0.1, 0.15) is 17.8 Å². The highest BCUT2D eigenvalue weighted by Gasteiger charge is 2.66. The lowest BCUT2D eigenvalue weighted by atomic mass is 9.80. The molecule has 0 spiro atoms. The van der Waals surface area contributed by atoms with Crippen molar-refractivity contribution in [1.29, 1.82) is 0 Å². The van der Waals surface area contributed by atoms with E-state index in [-0.39, 0.29) is 6.42 Å². The molecular weight excluding hydrogens is 550 g/mol. The molecule has 5 aromatic rings. The van der Waals surface area contributed by atoms with Crippen molar-refractivity contribution in [2.75, 3.05) is 7.11 Å². The van der Waals surface area contributed by atoms with Gasteiger partial charge in [0.2, 0.25) is 5.91 Å². The van der Waals surface area contributed by atoms with Gasteiger partial charge in [-0.1, -0.05) is 133 Å². The molecule has 6 rings (SSSR count). The highest BCUT2D eigenvalue weighted by Crippen LogP contribution is 2.56. The Bertz CT molecular complexity index is 1610. The number of benzene rings is 5. The minimum Gasteiger partial charge on any atom is -0.489 e. The van der Waals surface area contributed by atoms with Crippen LogP contribution in [0.3, 0.4) is 0 Å². The Balaban J connectivity index is 1.29. The first-order chi connectivity index (χ1) is 21.6. The van der Waals surface area contributed by atoms with E-state index in [4.69, 9.17) is 14.3 Å². The monoisotopic (exact) mass is 583 g/mol. The first-order valence-electron chi connectivity index (χ1n) is 14.6. The number of nitrogens with one attached hydrogen (secondary N) is 1. The van der Waals surface area contributed by atoms with E-state index in [1.807, 2.05) is 146 Å². The summed E-state index contributed by atoms with van der Waals surface area (Å²) in [6.07, 6.45) is 0.284. The zero-order valence-electron chi connectivity index (χ0n) is 24.4. The predicted molar refractivity (Wildman–Crippen MR) is 167 cm³/mol. The number of carbonyl (C=O) groups excluding carboxylic acids is 2. The van der Waals surface area contributed by atoms with Gasteiger partial charge in [-0.3, -0.25) is 14.4 Å². The number of amides is 1. The minimum atomic E-state index is -1.15. The van der Waals surface area contributed by atoms with Gasteiger partial charge < -0.3 is 9.47 Å². The second-order valence-corrected chi connectivity index (χ2v) is 10.9. The highest BCUT2D eigenvalue weighted by molar-refractivity contribution is 5.98. The quantitative estimate of drug-likeness (QED) is 0.106. The molecular formula is C38H33NO5. The molecule has 0 saturated heterocycles. The molecule has 5 aromatic carbocycles. The summed E-state index contributed by atoms with van der Waals surface area (Å²) in [7, 11) is 1.34. The van der Waals surface area contributed by atoms with Gasteiger partial charge in [-0.25, -0.2) is 5.48 Å². The van der Waals surface area contributed by atoms with E-state index in [2.05, 4.69) is 5.48 Å². The number of carbonyl (C=O) groups is 2.